The highest BCUT2D eigenvalue weighted by atomic mass is 79.9. The first-order valence-electron chi connectivity index (χ1n) is 7.03. The molecule has 0 atom stereocenters. The van der Waals surface area contributed by atoms with Crippen molar-refractivity contribution < 1.29 is 9.53 Å². The minimum absolute atomic E-state index is 0.0166. The molecule has 0 spiro atoms. The van der Waals surface area contributed by atoms with Crippen LogP contribution in [0.3, 0.4) is 0 Å². The Bertz CT molecular complexity index is 580. The second-order valence-electron chi connectivity index (χ2n) is 4.79. The van der Waals surface area contributed by atoms with Crippen LogP contribution in [0.4, 0.5) is 0 Å². The molecule has 0 bridgehead atoms. The molecule has 2 aromatic carbocycles. The minimum atomic E-state index is -0.0166. The van der Waals surface area contributed by atoms with Gasteiger partial charge >= 0.3 is 0 Å². The summed E-state index contributed by atoms with van der Waals surface area (Å²) in [5.74, 6) is 0.734. The molecule has 0 fully saturated rings. The summed E-state index contributed by atoms with van der Waals surface area (Å²) in [4.78, 5) is 11.7. The van der Waals surface area contributed by atoms with Crippen molar-refractivity contribution in [2.75, 3.05) is 13.2 Å². The van der Waals surface area contributed by atoms with Crippen LogP contribution in [0.15, 0.2) is 53.0 Å². The van der Waals surface area contributed by atoms with Crippen molar-refractivity contribution in [3.8, 4) is 5.75 Å². The number of hydrogen-bond acceptors (Lipinski definition) is 2. The van der Waals surface area contributed by atoms with Crippen molar-refractivity contribution in [3.63, 3.8) is 0 Å². The van der Waals surface area contributed by atoms with Gasteiger partial charge in [-0.3, -0.25) is 4.79 Å². The zero-order valence-electron chi connectivity index (χ0n) is 12.0. The van der Waals surface area contributed by atoms with Crippen LogP contribution in [0.2, 0.25) is 5.02 Å². The first-order chi connectivity index (χ1) is 10.6. The Labute approximate surface area is 143 Å². The summed E-state index contributed by atoms with van der Waals surface area (Å²) < 4.78 is 6.48. The molecule has 0 unspecified atom stereocenters. The third-order valence-corrected chi connectivity index (χ3v) is 3.75. The standard InChI is InChI=1S/C17H17BrClNO2/c18-14-4-2-6-16(12-14)22-10-8-17(21)20-9-7-13-3-1-5-15(19)11-13/h1-6,11-12H,7-10H2,(H,20,21). The molecule has 0 saturated carbocycles. The molecule has 0 aliphatic heterocycles. The lowest BCUT2D eigenvalue weighted by Crippen LogP contribution is -2.27. The van der Waals surface area contributed by atoms with E-state index < -0.39 is 0 Å². The molecule has 1 amide bonds. The van der Waals surface area contributed by atoms with E-state index in [9.17, 15) is 4.79 Å². The maximum Gasteiger partial charge on any atom is 0.223 e. The summed E-state index contributed by atoms with van der Waals surface area (Å²) in [6.07, 6.45) is 1.10. The molecule has 0 heterocycles. The highest BCUT2D eigenvalue weighted by Gasteiger charge is 2.02. The monoisotopic (exact) mass is 381 g/mol. The van der Waals surface area contributed by atoms with Crippen molar-refractivity contribution in [1.29, 1.82) is 0 Å². The summed E-state index contributed by atoms with van der Waals surface area (Å²) in [5.41, 5.74) is 1.11. The van der Waals surface area contributed by atoms with Crippen molar-refractivity contribution >= 4 is 33.4 Å². The van der Waals surface area contributed by atoms with Gasteiger partial charge in [0.25, 0.3) is 0 Å². The summed E-state index contributed by atoms with van der Waals surface area (Å²) in [5, 5.41) is 3.59. The smallest absolute Gasteiger partial charge is 0.223 e. The van der Waals surface area contributed by atoms with E-state index >= 15 is 0 Å². The molecule has 116 valence electrons. The highest BCUT2D eigenvalue weighted by molar-refractivity contribution is 9.10. The van der Waals surface area contributed by atoms with Crippen LogP contribution < -0.4 is 10.1 Å². The Kier molecular flexibility index (Phi) is 6.74. The van der Waals surface area contributed by atoms with Crippen molar-refractivity contribution in [2.45, 2.75) is 12.8 Å². The van der Waals surface area contributed by atoms with Crippen LogP contribution in [0.5, 0.6) is 5.75 Å². The lowest BCUT2D eigenvalue weighted by Gasteiger charge is -2.08. The van der Waals surface area contributed by atoms with Crippen molar-refractivity contribution in [3.05, 3.63) is 63.6 Å². The van der Waals surface area contributed by atoms with Gasteiger partial charge in [-0.25, -0.2) is 0 Å². The van der Waals surface area contributed by atoms with E-state index in [1.807, 2.05) is 48.5 Å². The average Bonchev–Trinajstić information content (AvgIpc) is 2.47. The Balaban J connectivity index is 1.64. The molecule has 2 aromatic rings. The molecule has 0 aliphatic carbocycles. The molecule has 2 rings (SSSR count). The van der Waals surface area contributed by atoms with Crippen LogP contribution in [0, 0.1) is 0 Å². The molecule has 0 saturated heterocycles. The molecule has 22 heavy (non-hydrogen) atoms. The molecule has 0 aliphatic rings. The number of carbonyl (C=O) groups is 1. The van der Waals surface area contributed by atoms with Crippen LogP contribution in [-0.2, 0) is 11.2 Å². The summed E-state index contributed by atoms with van der Waals surface area (Å²) in [7, 11) is 0. The number of nitrogens with one attached hydrogen (secondary N) is 1. The van der Waals surface area contributed by atoms with Gasteiger partial charge < -0.3 is 10.1 Å². The first kappa shape index (κ1) is 16.8. The van der Waals surface area contributed by atoms with E-state index in [0.717, 1.165) is 22.2 Å². The van der Waals surface area contributed by atoms with Gasteiger partial charge in [0.05, 0.1) is 13.0 Å². The van der Waals surface area contributed by atoms with Gasteiger partial charge in [-0.15, -0.1) is 0 Å². The van der Waals surface area contributed by atoms with Gasteiger partial charge in [0.15, 0.2) is 0 Å². The van der Waals surface area contributed by atoms with Gasteiger partial charge in [0.2, 0.25) is 5.91 Å². The summed E-state index contributed by atoms with van der Waals surface area (Å²) in [6, 6.07) is 15.2. The lowest BCUT2D eigenvalue weighted by atomic mass is 10.1. The fourth-order valence-electron chi connectivity index (χ4n) is 1.95. The molecular weight excluding hydrogens is 366 g/mol. The number of ether oxygens (including phenoxy) is 1. The van der Waals surface area contributed by atoms with E-state index in [2.05, 4.69) is 21.2 Å². The van der Waals surface area contributed by atoms with Crippen LogP contribution in [-0.4, -0.2) is 19.1 Å². The Morgan fingerprint density at radius 2 is 2.00 bits per heavy atom. The second kappa shape index (κ2) is 8.81. The van der Waals surface area contributed by atoms with E-state index in [-0.39, 0.29) is 5.91 Å². The zero-order valence-corrected chi connectivity index (χ0v) is 14.4. The summed E-state index contributed by atoms with van der Waals surface area (Å²) >= 11 is 9.29. The number of hydrogen-bond donors (Lipinski definition) is 1. The SMILES string of the molecule is O=C(CCOc1cccc(Br)c1)NCCc1cccc(Cl)c1. The van der Waals surface area contributed by atoms with E-state index in [1.54, 1.807) is 0 Å². The van der Waals surface area contributed by atoms with E-state index in [1.165, 1.54) is 0 Å². The van der Waals surface area contributed by atoms with Crippen LogP contribution in [0.25, 0.3) is 0 Å². The van der Waals surface area contributed by atoms with Gasteiger partial charge in [0, 0.05) is 16.0 Å². The van der Waals surface area contributed by atoms with Crippen LogP contribution in [0.1, 0.15) is 12.0 Å². The Morgan fingerprint density at radius 1 is 1.18 bits per heavy atom. The Morgan fingerprint density at radius 3 is 2.77 bits per heavy atom. The number of rotatable bonds is 7. The molecule has 3 nitrogen and oxygen atoms in total. The molecule has 0 radical (unpaired) electrons. The number of carbonyl (C=O) groups excluding carboxylic acids is 1. The molecule has 0 aromatic heterocycles. The largest absolute Gasteiger partial charge is 0.493 e. The number of halogens is 2. The summed E-state index contributed by atoms with van der Waals surface area (Å²) in [6.45, 7) is 0.954. The normalized spacial score (nSPS) is 10.3. The second-order valence-corrected chi connectivity index (χ2v) is 6.14. The van der Waals surface area contributed by atoms with Gasteiger partial charge in [-0.2, -0.15) is 0 Å². The maximum atomic E-state index is 11.7. The van der Waals surface area contributed by atoms with E-state index in [0.29, 0.717) is 24.6 Å². The fourth-order valence-corrected chi connectivity index (χ4v) is 2.54. The zero-order chi connectivity index (χ0) is 15.8. The first-order valence-corrected chi connectivity index (χ1v) is 8.20. The Hall–Kier alpha value is -1.52. The third kappa shape index (κ3) is 6.08. The van der Waals surface area contributed by atoms with E-state index in [4.69, 9.17) is 16.3 Å². The highest BCUT2D eigenvalue weighted by Crippen LogP contribution is 2.17. The fraction of sp³-hybridized carbons (Fsp3) is 0.235. The quantitative estimate of drug-likeness (QED) is 0.778. The average molecular weight is 383 g/mol. The molecule has 5 heteroatoms. The third-order valence-electron chi connectivity index (χ3n) is 3.02. The predicted molar refractivity (Wildman–Crippen MR) is 92.4 cm³/mol. The number of amides is 1. The van der Waals surface area contributed by atoms with Gasteiger partial charge in [-0.05, 0) is 42.3 Å². The minimum Gasteiger partial charge on any atom is -0.493 e. The molecule has 1 N–H and O–H groups in total. The predicted octanol–water partition coefficient (Wildman–Crippen LogP) is 4.23. The van der Waals surface area contributed by atoms with Crippen molar-refractivity contribution in [1.82, 2.24) is 5.32 Å². The maximum absolute atomic E-state index is 11.7. The van der Waals surface area contributed by atoms with Gasteiger partial charge in [-0.1, -0.05) is 45.7 Å². The topological polar surface area (TPSA) is 38.3 Å². The lowest BCUT2D eigenvalue weighted by molar-refractivity contribution is -0.121. The van der Waals surface area contributed by atoms with Crippen LogP contribution >= 0.6 is 27.5 Å². The van der Waals surface area contributed by atoms with Crippen molar-refractivity contribution in [2.24, 2.45) is 0 Å². The number of benzene rings is 2. The molecular formula is C17H17BrClNO2. The van der Waals surface area contributed by atoms with Gasteiger partial charge in [0.1, 0.15) is 5.75 Å².